The number of hydrogen-bond donors (Lipinski definition) is 2. The minimum atomic E-state index is -0.626. The van der Waals surface area contributed by atoms with Crippen LogP contribution >= 0.6 is 23.2 Å². The Morgan fingerprint density at radius 1 is 1.38 bits per heavy atom. The molecule has 0 fully saturated rings. The Kier molecular flexibility index (Phi) is 3.56. The van der Waals surface area contributed by atoms with Gasteiger partial charge in [-0.05, 0) is 24.6 Å². The SMILES string of the molecule is CC(O)C(N)c1ccc(Cl)cc1Cl. The van der Waals surface area contributed by atoms with E-state index in [1.807, 2.05) is 0 Å². The summed E-state index contributed by atoms with van der Waals surface area (Å²) >= 11 is 11.6. The highest BCUT2D eigenvalue weighted by atomic mass is 35.5. The van der Waals surface area contributed by atoms with Crippen LogP contribution in [0, 0.1) is 0 Å². The first-order valence-electron chi connectivity index (χ1n) is 3.91. The third kappa shape index (κ3) is 2.58. The lowest BCUT2D eigenvalue weighted by atomic mass is 10.0. The average molecular weight is 220 g/mol. The van der Waals surface area contributed by atoms with Gasteiger partial charge in [0.15, 0.2) is 0 Å². The zero-order valence-electron chi connectivity index (χ0n) is 7.17. The van der Waals surface area contributed by atoms with E-state index < -0.39 is 12.1 Å². The van der Waals surface area contributed by atoms with E-state index in [9.17, 15) is 5.11 Å². The molecule has 0 amide bonds. The second-order valence-electron chi connectivity index (χ2n) is 2.93. The molecule has 3 N–H and O–H groups in total. The maximum Gasteiger partial charge on any atom is 0.0705 e. The first-order chi connectivity index (χ1) is 6.02. The van der Waals surface area contributed by atoms with Crippen LogP contribution in [0.5, 0.6) is 0 Å². The van der Waals surface area contributed by atoms with Gasteiger partial charge >= 0.3 is 0 Å². The van der Waals surface area contributed by atoms with Gasteiger partial charge in [-0.1, -0.05) is 29.3 Å². The molecule has 0 aliphatic heterocycles. The van der Waals surface area contributed by atoms with Gasteiger partial charge in [0.25, 0.3) is 0 Å². The van der Waals surface area contributed by atoms with Crippen molar-refractivity contribution in [3.05, 3.63) is 33.8 Å². The minimum Gasteiger partial charge on any atom is -0.391 e. The van der Waals surface area contributed by atoms with Crippen LogP contribution in [-0.2, 0) is 0 Å². The Bertz CT molecular complexity index is 302. The summed E-state index contributed by atoms with van der Waals surface area (Å²) in [7, 11) is 0. The Hall–Kier alpha value is -0.280. The van der Waals surface area contributed by atoms with E-state index in [1.165, 1.54) is 0 Å². The van der Waals surface area contributed by atoms with Crippen molar-refractivity contribution in [2.24, 2.45) is 5.73 Å². The van der Waals surface area contributed by atoms with Crippen molar-refractivity contribution in [3.8, 4) is 0 Å². The van der Waals surface area contributed by atoms with Crippen molar-refractivity contribution in [1.82, 2.24) is 0 Å². The Morgan fingerprint density at radius 2 is 2.00 bits per heavy atom. The van der Waals surface area contributed by atoms with Gasteiger partial charge in [-0.25, -0.2) is 0 Å². The van der Waals surface area contributed by atoms with E-state index in [2.05, 4.69) is 0 Å². The van der Waals surface area contributed by atoms with Gasteiger partial charge in [0.05, 0.1) is 12.1 Å². The lowest BCUT2D eigenvalue weighted by Gasteiger charge is -2.16. The smallest absolute Gasteiger partial charge is 0.0705 e. The molecule has 2 unspecified atom stereocenters. The van der Waals surface area contributed by atoms with E-state index in [1.54, 1.807) is 25.1 Å². The molecule has 72 valence electrons. The molecule has 0 bridgehead atoms. The van der Waals surface area contributed by atoms with Gasteiger partial charge in [0, 0.05) is 10.0 Å². The van der Waals surface area contributed by atoms with E-state index >= 15 is 0 Å². The summed E-state index contributed by atoms with van der Waals surface area (Å²) in [5.74, 6) is 0. The summed E-state index contributed by atoms with van der Waals surface area (Å²) in [5, 5.41) is 10.3. The molecular formula is C9H11Cl2NO. The standard InChI is InChI=1S/C9H11Cl2NO/c1-5(13)9(12)7-3-2-6(10)4-8(7)11/h2-5,9,13H,12H2,1H3. The monoisotopic (exact) mass is 219 g/mol. The molecule has 13 heavy (non-hydrogen) atoms. The van der Waals surface area contributed by atoms with Crippen LogP contribution in [0.15, 0.2) is 18.2 Å². The van der Waals surface area contributed by atoms with Gasteiger partial charge < -0.3 is 10.8 Å². The van der Waals surface area contributed by atoms with Crippen LogP contribution in [0.3, 0.4) is 0 Å². The second-order valence-corrected chi connectivity index (χ2v) is 3.78. The number of aliphatic hydroxyl groups is 1. The lowest BCUT2D eigenvalue weighted by molar-refractivity contribution is 0.164. The van der Waals surface area contributed by atoms with E-state index in [0.717, 1.165) is 0 Å². The highest BCUT2D eigenvalue weighted by molar-refractivity contribution is 6.35. The molecule has 2 nitrogen and oxygen atoms in total. The van der Waals surface area contributed by atoms with Crippen molar-refractivity contribution in [2.75, 3.05) is 0 Å². The van der Waals surface area contributed by atoms with Crippen molar-refractivity contribution in [1.29, 1.82) is 0 Å². The molecule has 2 atom stereocenters. The molecule has 0 radical (unpaired) electrons. The van der Waals surface area contributed by atoms with Crippen LogP contribution in [0.4, 0.5) is 0 Å². The summed E-state index contributed by atoms with van der Waals surface area (Å²) in [6.45, 7) is 1.62. The first kappa shape index (κ1) is 10.8. The molecule has 0 heterocycles. The molecule has 4 heteroatoms. The normalized spacial score (nSPS) is 15.5. The Labute approximate surface area is 87.3 Å². The predicted molar refractivity (Wildman–Crippen MR) is 55.1 cm³/mol. The highest BCUT2D eigenvalue weighted by Gasteiger charge is 2.14. The summed E-state index contributed by atoms with van der Waals surface area (Å²) in [4.78, 5) is 0. The zero-order chi connectivity index (χ0) is 10.0. The second kappa shape index (κ2) is 4.29. The quantitative estimate of drug-likeness (QED) is 0.803. The summed E-state index contributed by atoms with van der Waals surface area (Å²) in [6.07, 6.45) is -0.626. The number of hydrogen-bond acceptors (Lipinski definition) is 2. The number of nitrogens with two attached hydrogens (primary N) is 1. The minimum absolute atomic E-state index is 0.468. The van der Waals surface area contributed by atoms with Gasteiger partial charge in [-0.15, -0.1) is 0 Å². The topological polar surface area (TPSA) is 46.2 Å². The first-order valence-corrected chi connectivity index (χ1v) is 4.66. The molecular weight excluding hydrogens is 209 g/mol. The number of aliphatic hydroxyl groups excluding tert-OH is 1. The molecule has 0 aliphatic carbocycles. The fourth-order valence-corrected chi connectivity index (χ4v) is 1.57. The van der Waals surface area contributed by atoms with Crippen LogP contribution in [0.1, 0.15) is 18.5 Å². The van der Waals surface area contributed by atoms with Crippen LogP contribution in [0.25, 0.3) is 0 Å². The number of halogens is 2. The van der Waals surface area contributed by atoms with Crippen molar-refractivity contribution >= 4 is 23.2 Å². The summed E-state index contributed by atoms with van der Waals surface area (Å²) in [5.41, 5.74) is 6.42. The Morgan fingerprint density at radius 3 is 2.46 bits per heavy atom. The van der Waals surface area contributed by atoms with E-state index in [4.69, 9.17) is 28.9 Å². The van der Waals surface area contributed by atoms with Gasteiger partial charge in [0.2, 0.25) is 0 Å². The molecule has 1 rings (SSSR count). The fraction of sp³-hybridized carbons (Fsp3) is 0.333. The van der Waals surface area contributed by atoms with Gasteiger partial charge in [-0.2, -0.15) is 0 Å². The lowest BCUT2D eigenvalue weighted by Crippen LogP contribution is -2.23. The molecule has 1 aromatic carbocycles. The maximum atomic E-state index is 9.25. The van der Waals surface area contributed by atoms with Crippen molar-refractivity contribution in [2.45, 2.75) is 19.1 Å². The van der Waals surface area contributed by atoms with Crippen LogP contribution in [-0.4, -0.2) is 11.2 Å². The fourth-order valence-electron chi connectivity index (χ4n) is 1.03. The molecule has 0 spiro atoms. The molecule has 1 aromatic rings. The third-order valence-electron chi connectivity index (χ3n) is 1.84. The number of benzene rings is 1. The van der Waals surface area contributed by atoms with Crippen LogP contribution in [0.2, 0.25) is 10.0 Å². The van der Waals surface area contributed by atoms with Gasteiger partial charge in [0.1, 0.15) is 0 Å². The Balaban J connectivity index is 3.01. The number of rotatable bonds is 2. The summed E-state index contributed by atoms with van der Waals surface area (Å²) < 4.78 is 0. The molecule has 0 aromatic heterocycles. The third-order valence-corrected chi connectivity index (χ3v) is 2.40. The largest absolute Gasteiger partial charge is 0.391 e. The summed E-state index contributed by atoms with van der Waals surface area (Å²) in [6, 6.07) is 4.57. The van der Waals surface area contributed by atoms with Gasteiger partial charge in [-0.3, -0.25) is 0 Å². The van der Waals surface area contributed by atoms with E-state index in [0.29, 0.717) is 15.6 Å². The van der Waals surface area contributed by atoms with Crippen molar-refractivity contribution in [3.63, 3.8) is 0 Å². The van der Waals surface area contributed by atoms with E-state index in [-0.39, 0.29) is 0 Å². The highest BCUT2D eigenvalue weighted by Crippen LogP contribution is 2.26. The maximum absolute atomic E-state index is 9.25. The zero-order valence-corrected chi connectivity index (χ0v) is 8.68. The molecule has 0 aliphatic rings. The molecule has 0 saturated heterocycles. The van der Waals surface area contributed by atoms with Crippen molar-refractivity contribution < 1.29 is 5.11 Å². The predicted octanol–water partition coefficient (Wildman–Crippen LogP) is 2.37. The van der Waals surface area contributed by atoms with Crippen LogP contribution < -0.4 is 5.73 Å². The average Bonchev–Trinajstić information content (AvgIpc) is 2.03. The molecule has 0 saturated carbocycles.